The van der Waals surface area contributed by atoms with Crippen LogP contribution in [0.15, 0.2) is 336 Å². The van der Waals surface area contributed by atoms with Gasteiger partial charge in [0.2, 0.25) is 0 Å². The van der Waals surface area contributed by atoms with Crippen molar-refractivity contribution >= 4 is 161 Å². The van der Waals surface area contributed by atoms with E-state index >= 15 is 0 Å². The molecule has 2 aliphatic carbocycles. The monoisotopic (exact) mass is 1970 g/mol. The van der Waals surface area contributed by atoms with E-state index in [1.54, 1.807) is 89.5 Å². The van der Waals surface area contributed by atoms with Crippen molar-refractivity contribution in [2.45, 2.75) is 144 Å². The van der Waals surface area contributed by atoms with Gasteiger partial charge in [0.25, 0.3) is 0 Å². The number of benzene rings is 18. The van der Waals surface area contributed by atoms with Crippen LogP contribution in [0.25, 0.3) is 205 Å². The minimum Gasteiger partial charge on any atom is -0.507 e. The Kier molecular flexibility index (Phi) is 29.2. The molecule has 22 aromatic rings. The number of hydrogen-bond donors (Lipinski definition) is 4. The average molecular weight is 1970 g/mol. The van der Waals surface area contributed by atoms with Gasteiger partial charge in [0.1, 0.15) is 28.7 Å². The Morgan fingerprint density at radius 1 is 0.303 bits per heavy atom. The van der Waals surface area contributed by atoms with Gasteiger partial charge in [-0.25, -0.2) is 59.8 Å². The molecule has 21 heteroatoms. The maximum Gasteiger partial charge on any atom is 0.191 e. The lowest BCUT2D eigenvalue weighted by Gasteiger charge is -2.20. The smallest absolute Gasteiger partial charge is 0.191 e. The number of aromatic hydroxyl groups is 4. The molecule has 4 N–H and O–H groups in total. The van der Waals surface area contributed by atoms with Gasteiger partial charge in [-0.1, -0.05) is 356 Å². The van der Waals surface area contributed by atoms with E-state index < -0.39 is 0 Å². The Balaban J connectivity index is 0.000000115. The summed E-state index contributed by atoms with van der Waals surface area (Å²) in [5.74, 6) is 9.01. The fourth-order valence-electron chi connectivity index (χ4n) is 19.8. The predicted molar refractivity (Wildman–Crippen MR) is 603 cm³/mol. The third-order valence-electron chi connectivity index (χ3n) is 27.1. The molecule has 2 aliphatic rings. The predicted octanol–water partition coefficient (Wildman–Crippen LogP) is 32.7. The summed E-state index contributed by atoms with van der Waals surface area (Å²) in [4.78, 5) is 58.3. The summed E-state index contributed by atoms with van der Waals surface area (Å²) in [5, 5.41) is 69.8. The van der Waals surface area contributed by atoms with Crippen molar-refractivity contribution < 1.29 is 25.2 Å². The topological polar surface area (TPSA) is 245 Å². The van der Waals surface area contributed by atoms with Crippen LogP contribution < -0.4 is 4.74 Å². The first-order valence-electron chi connectivity index (χ1n) is 50.3. The van der Waals surface area contributed by atoms with Crippen molar-refractivity contribution in [3.05, 3.63) is 327 Å². The van der Waals surface area contributed by atoms with Gasteiger partial charge in [-0.15, -0.1) is 0 Å². The molecule has 24 rings (SSSR count). The molecule has 4 heterocycles. The summed E-state index contributed by atoms with van der Waals surface area (Å²) >= 11 is 6.59. The molecule has 145 heavy (non-hydrogen) atoms. The first-order valence-corrected chi connectivity index (χ1v) is 54.1. The van der Waals surface area contributed by atoms with Crippen LogP contribution in [-0.4, -0.2) is 109 Å². The van der Waals surface area contributed by atoms with Crippen LogP contribution in [0.3, 0.4) is 0 Å². The minimum absolute atomic E-state index is 0.125. The van der Waals surface area contributed by atoms with Gasteiger partial charge in [0.15, 0.2) is 67.2 Å². The largest absolute Gasteiger partial charge is 0.507 e. The van der Waals surface area contributed by atoms with Crippen LogP contribution in [0, 0.1) is 5.92 Å². The van der Waals surface area contributed by atoms with Crippen LogP contribution >= 0.6 is 47.0 Å². The maximum atomic E-state index is 11.3. The van der Waals surface area contributed by atoms with Crippen LogP contribution in [0.4, 0.5) is 0 Å². The van der Waals surface area contributed by atoms with Crippen molar-refractivity contribution in [2.24, 2.45) is 5.92 Å². The molecule has 1 saturated carbocycles. The number of ether oxygens (including phenoxy) is 1. The zero-order valence-corrected chi connectivity index (χ0v) is 84.7. The molecule has 4 aromatic heterocycles. The molecule has 0 spiro atoms. The minimum atomic E-state index is 0.125. The number of rotatable bonds is 26. The van der Waals surface area contributed by atoms with Crippen molar-refractivity contribution in [2.75, 3.05) is 23.9 Å². The first kappa shape index (κ1) is 96.1. The van der Waals surface area contributed by atoms with E-state index in [9.17, 15) is 20.4 Å². The molecule has 1 atom stereocenters. The quantitative estimate of drug-likeness (QED) is 0.0291. The number of unbranched alkanes of at least 4 members (excludes halogenated alkanes) is 1. The zero-order valence-electron chi connectivity index (χ0n) is 81.5. The van der Waals surface area contributed by atoms with Gasteiger partial charge in [-0.05, 0) is 249 Å². The highest BCUT2D eigenvalue weighted by atomic mass is 32.2. The summed E-state index contributed by atoms with van der Waals surface area (Å²) in [7, 11) is 0. The van der Waals surface area contributed by atoms with Crippen LogP contribution in [0.1, 0.15) is 123 Å². The summed E-state index contributed by atoms with van der Waals surface area (Å²) in [6.45, 7) is 11.5. The Morgan fingerprint density at radius 2 is 0.690 bits per heavy atom. The number of nitrogens with zero attached hydrogens (tertiary/aromatic N) is 12. The standard InChI is InChI=1S/C40H43N3O2S.C30H23N3OS.C28H21N3OS.C26H21N3OS/c1-3-5-12-26(4-2)25-45-28-20-22-34(37(44)23-28)38-41-39(43-40(42-38)46-29-14-7-8-15-29)36-24-35-30-16-9-6-13-27(30)19-21-33(35)31-17-10-11-18-32(31)36;1-2-17-35-30-32-28(24-13-7-8-14-27(24)34)31-29(33-30)26-18-25-20-10-4-3-9-19(20)15-16-23(25)21-11-5-6-12-22(21)26;1-2-15-33-28-30-26(21-10-3-4-12-23(21)32)29-27(31-28)22-16-19-9-5-7-17-13-14-18-8-6-11-20(22)25(18)24(17)19;1-2-15-31-26-28-24(21-13-7-8-14-23(21)30)27-25(29-26)22-16-17-9-3-4-10-18(17)19-11-5-6-12-20(19)22/h6,9,11,13,16,18-24,26,29,44H,3-5,7-8,10,12,14-15,17,25H2,1-2H3;3-16,18,34H,2,17H2,1H3;3-14,16,32H,2,15H2,1H3;3-14,16,30H,2,15H2,1H3. The molecule has 0 aliphatic heterocycles. The van der Waals surface area contributed by atoms with Gasteiger partial charge < -0.3 is 25.2 Å². The number of phenols is 4. The lowest BCUT2D eigenvalue weighted by molar-refractivity contribution is 0.232. The average Bonchev–Trinajstić information content (AvgIpc) is 0.920. The summed E-state index contributed by atoms with van der Waals surface area (Å²) in [6.07, 6.45) is 19.1. The Hall–Kier alpha value is -15.0. The van der Waals surface area contributed by atoms with Crippen LogP contribution in [0.5, 0.6) is 28.7 Å². The maximum absolute atomic E-state index is 11.3. The molecule has 0 saturated heterocycles. The Bertz CT molecular complexity index is 8620. The van der Waals surface area contributed by atoms with Gasteiger partial charge in [0, 0.05) is 50.8 Å². The molecule has 0 radical (unpaired) electrons. The van der Waals surface area contributed by atoms with Gasteiger partial charge in [-0.3, -0.25) is 0 Å². The molecule has 0 bridgehead atoms. The van der Waals surface area contributed by atoms with Crippen molar-refractivity contribution in [3.8, 4) is 120 Å². The van der Waals surface area contributed by atoms with E-state index in [1.165, 1.54) is 130 Å². The molecule has 17 nitrogen and oxygen atoms in total. The highest BCUT2D eigenvalue weighted by Gasteiger charge is 2.28. The molecular formula is C124H108N12O5S4. The first-order chi connectivity index (χ1) is 71.3. The fourth-order valence-corrected chi connectivity index (χ4v) is 23.0. The molecule has 1 fully saturated rings. The highest BCUT2D eigenvalue weighted by Crippen LogP contribution is 2.47. The second kappa shape index (κ2) is 44.1. The lowest BCUT2D eigenvalue weighted by atomic mass is 9.86. The molecule has 0 amide bonds. The number of thioether (sulfide) groups is 4. The number of para-hydroxylation sites is 3. The van der Waals surface area contributed by atoms with E-state index in [2.05, 4.69) is 263 Å². The van der Waals surface area contributed by atoms with E-state index in [0.717, 1.165) is 117 Å². The summed E-state index contributed by atoms with van der Waals surface area (Å²) in [5.41, 5.74) is 8.86. The third kappa shape index (κ3) is 20.6. The third-order valence-corrected chi connectivity index (χ3v) is 31.4. The lowest BCUT2D eigenvalue weighted by Crippen LogP contribution is -2.11. The molecule has 1 unspecified atom stereocenters. The van der Waals surface area contributed by atoms with Crippen LogP contribution in [0.2, 0.25) is 0 Å². The molecule has 18 aromatic carbocycles. The zero-order chi connectivity index (χ0) is 98.8. The van der Waals surface area contributed by atoms with Crippen molar-refractivity contribution in [1.29, 1.82) is 0 Å². The number of fused-ring (bicyclic) bond motifs is 13. The van der Waals surface area contributed by atoms with Gasteiger partial charge >= 0.3 is 0 Å². The van der Waals surface area contributed by atoms with Crippen molar-refractivity contribution in [3.63, 3.8) is 0 Å². The summed E-state index contributed by atoms with van der Waals surface area (Å²) < 4.78 is 6.15. The molecule has 718 valence electrons. The van der Waals surface area contributed by atoms with Gasteiger partial charge in [-0.2, -0.15) is 0 Å². The normalized spacial score (nSPS) is 12.7. The number of aromatic nitrogens is 12. The SMILES string of the molecule is CCCCC(CC)COc1ccc(-c2nc(SC3CCCC3)nc(-c3cc4c(ccc5ccccc54)c4c3C=CCC4)n2)c(O)c1.CCCSc1nc(-c2ccccc2O)nc(-c2cc3c4ccccc4ccc3c3ccccc23)n1.CCCSc1nc(-c2ccccc2O)nc(-c2cc3cccc4ccc5cccc2c5c43)n1.CCCSc1nc(-c2ccccc2O)nc(-c2cc3ccccc3c3ccccc23)n1. The van der Waals surface area contributed by atoms with Gasteiger partial charge in [0.05, 0.1) is 28.9 Å². The number of aryl methyl sites for hydroxylation is 1. The second-order valence-electron chi connectivity index (χ2n) is 36.7. The second-order valence-corrected chi connectivity index (χ2v) is 41.2. The summed E-state index contributed by atoms with van der Waals surface area (Å²) in [6, 6.07) is 104. The number of phenolic OH excluding ortho intramolecular Hbond substituents is 4. The van der Waals surface area contributed by atoms with Crippen molar-refractivity contribution in [1.82, 2.24) is 59.8 Å². The Labute approximate surface area is 859 Å². The highest BCUT2D eigenvalue weighted by molar-refractivity contribution is 8.00. The van der Waals surface area contributed by atoms with E-state index in [1.807, 2.05) is 60.7 Å². The number of allylic oxidation sites excluding steroid dienone is 1. The van der Waals surface area contributed by atoms with E-state index in [0.29, 0.717) is 108 Å². The molecular weight excluding hydrogens is 1870 g/mol. The van der Waals surface area contributed by atoms with E-state index in [-0.39, 0.29) is 23.0 Å². The Morgan fingerprint density at radius 3 is 1.21 bits per heavy atom. The fraction of sp³-hybridized carbons (Fsp3) is 0.194. The van der Waals surface area contributed by atoms with E-state index in [4.69, 9.17) is 54.6 Å². The number of hydrogen-bond acceptors (Lipinski definition) is 21. The van der Waals surface area contributed by atoms with Crippen LogP contribution in [-0.2, 0) is 6.42 Å².